The highest BCUT2D eigenvalue weighted by Gasteiger charge is 2.41. The fourth-order valence-corrected chi connectivity index (χ4v) is 4.46. The lowest BCUT2D eigenvalue weighted by Gasteiger charge is -2.23. The third kappa shape index (κ3) is 5.32. The zero-order valence-corrected chi connectivity index (χ0v) is 21.3. The van der Waals surface area contributed by atoms with Gasteiger partial charge in [-0.3, -0.25) is 19.2 Å². The number of anilines is 1. The molecule has 0 saturated carbocycles. The van der Waals surface area contributed by atoms with Gasteiger partial charge in [0.1, 0.15) is 12.1 Å². The zero-order valence-electron chi connectivity index (χ0n) is 21.3. The third-order valence-electron chi connectivity index (χ3n) is 6.06. The summed E-state index contributed by atoms with van der Waals surface area (Å²) in [6.07, 6.45) is -0.157. The van der Waals surface area contributed by atoms with Crippen LogP contribution in [0.4, 0.5) is 18.9 Å². The molecule has 1 aliphatic heterocycles. The van der Waals surface area contributed by atoms with Crippen molar-refractivity contribution in [3.05, 3.63) is 53.1 Å². The van der Waals surface area contributed by atoms with Crippen molar-refractivity contribution < 1.29 is 32.2 Å². The van der Waals surface area contributed by atoms with Gasteiger partial charge in [0.25, 0.3) is 11.8 Å². The number of nitrogens with one attached hydrogen (secondary N) is 1. The van der Waals surface area contributed by atoms with E-state index in [0.717, 1.165) is 4.68 Å². The summed E-state index contributed by atoms with van der Waals surface area (Å²) in [5.41, 5.74) is 2.92. The molecule has 0 aromatic carbocycles. The molecule has 0 radical (unpaired) electrons. The summed E-state index contributed by atoms with van der Waals surface area (Å²) in [6, 6.07) is 2.73. The first-order chi connectivity index (χ1) is 18.1. The average Bonchev–Trinajstić information content (AvgIpc) is 3.42. The van der Waals surface area contributed by atoms with Crippen LogP contribution in [0.25, 0.3) is 11.3 Å². The summed E-state index contributed by atoms with van der Waals surface area (Å²) in [5.74, 6) is -0.584. The molecule has 0 bridgehead atoms. The number of nitrogens with zero attached hydrogens (tertiary/aromatic N) is 5. The summed E-state index contributed by atoms with van der Waals surface area (Å²) in [6.45, 7) is 2.98. The molecule has 38 heavy (non-hydrogen) atoms. The van der Waals surface area contributed by atoms with Gasteiger partial charge in [-0.05, 0) is 38.0 Å². The second-order valence-electron chi connectivity index (χ2n) is 8.71. The monoisotopic (exact) mass is 532 g/mol. The lowest BCUT2D eigenvalue weighted by Crippen LogP contribution is -2.28. The molecule has 0 saturated heterocycles. The molecule has 10 nitrogen and oxygen atoms in total. The maximum atomic E-state index is 13.5. The minimum atomic E-state index is -4.46. The Hall–Kier alpha value is -4.00. The van der Waals surface area contributed by atoms with Crippen molar-refractivity contribution in [2.75, 3.05) is 32.3 Å². The largest absolute Gasteiger partial charge is 0.480 e. The second kappa shape index (κ2) is 10.8. The van der Waals surface area contributed by atoms with Crippen LogP contribution in [0.5, 0.6) is 5.88 Å². The van der Waals surface area contributed by atoms with Gasteiger partial charge >= 0.3 is 6.18 Å². The molecule has 202 valence electrons. The first kappa shape index (κ1) is 27.0. The van der Waals surface area contributed by atoms with Gasteiger partial charge in [0, 0.05) is 38.2 Å². The number of methoxy groups -OCH3 is 2. The number of ether oxygens (including phenoxy) is 2. The number of halogens is 3. The van der Waals surface area contributed by atoms with Crippen molar-refractivity contribution in [1.82, 2.24) is 25.1 Å². The van der Waals surface area contributed by atoms with E-state index >= 15 is 0 Å². The fraction of sp³-hybridized carbons (Fsp3) is 0.400. The number of pyridine rings is 2. The van der Waals surface area contributed by atoms with Crippen molar-refractivity contribution in [3.8, 4) is 17.1 Å². The van der Waals surface area contributed by atoms with E-state index in [1.165, 1.54) is 37.7 Å². The van der Waals surface area contributed by atoms with E-state index in [4.69, 9.17) is 14.5 Å². The number of carbonyl (C=O) groups is 2. The molecule has 2 amide bonds. The van der Waals surface area contributed by atoms with Crippen LogP contribution >= 0.6 is 0 Å². The number of alkyl halides is 3. The molecule has 3 aromatic rings. The molecule has 0 unspecified atom stereocenters. The SMILES string of the molecule is CCNC(=O)c1cc(-c2cc(C)c3c(n2)[C@H](CCOC)N(c2cnn(CC(F)(F)F)c2)C3=O)cnc1OC. The number of fused-ring (bicyclic) bond motifs is 1. The highest BCUT2D eigenvalue weighted by molar-refractivity contribution is 6.11. The lowest BCUT2D eigenvalue weighted by molar-refractivity contribution is -0.142. The van der Waals surface area contributed by atoms with Crippen molar-refractivity contribution in [2.24, 2.45) is 0 Å². The Bertz CT molecular complexity index is 1360. The molecular weight excluding hydrogens is 505 g/mol. The third-order valence-corrected chi connectivity index (χ3v) is 6.06. The zero-order chi connectivity index (χ0) is 27.6. The molecule has 3 aromatic heterocycles. The minimum Gasteiger partial charge on any atom is -0.480 e. The summed E-state index contributed by atoms with van der Waals surface area (Å²) in [5, 5.41) is 6.52. The number of hydrogen-bond acceptors (Lipinski definition) is 7. The normalized spacial score (nSPS) is 15.1. The van der Waals surface area contributed by atoms with Crippen molar-refractivity contribution in [2.45, 2.75) is 39.0 Å². The Morgan fingerprint density at radius 2 is 1.97 bits per heavy atom. The van der Waals surface area contributed by atoms with Gasteiger partial charge in [-0.25, -0.2) is 9.97 Å². The molecule has 4 rings (SSSR count). The van der Waals surface area contributed by atoms with Crippen LogP contribution < -0.4 is 15.0 Å². The van der Waals surface area contributed by atoms with Crippen LogP contribution in [0.1, 0.15) is 51.4 Å². The summed E-state index contributed by atoms with van der Waals surface area (Å²) < 4.78 is 49.9. The van der Waals surface area contributed by atoms with E-state index in [0.29, 0.717) is 41.0 Å². The van der Waals surface area contributed by atoms with Crippen LogP contribution in [0.15, 0.2) is 30.7 Å². The smallest absolute Gasteiger partial charge is 0.408 e. The highest BCUT2D eigenvalue weighted by atomic mass is 19.4. The van der Waals surface area contributed by atoms with Gasteiger partial charge in [-0.2, -0.15) is 18.3 Å². The van der Waals surface area contributed by atoms with Gasteiger partial charge in [0.2, 0.25) is 5.88 Å². The number of amides is 2. The number of aryl methyl sites for hydroxylation is 1. The molecule has 1 N–H and O–H groups in total. The van der Waals surface area contributed by atoms with Crippen LogP contribution in [-0.4, -0.2) is 65.1 Å². The summed E-state index contributed by atoms with van der Waals surface area (Å²) >= 11 is 0. The first-order valence-corrected chi connectivity index (χ1v) is 11.8. The number of hydrogen-bond donors (Lipinski definition) is 1. The van der Waals surface area contributed by atoms with Crippen molar-refractivity contribution >= 4 is 17.5 Å². The average molecular weight is 533 g/mol. The van der Waals surface area contributed by atoms with E-state index in [2.05, 4.69) is 15.4 Å². The Balaban J connectivity index is 1.78. The number of rotatable bonds is 9. The van der Waals surface area contributed by atoms with Gasteiger partial charge < -0.3 is 14.8 Å². The predicted octanol–water partition coefficient (Wildman–Crippen LogP) is 3.71. The van der Waals surface area contributed by atoms with Crippen LogP contribution in [-0.2, 0) is 11.3 Å². The second-order valence-corrected chi connectivity index (χ2v) is 8.71. The van der Waals surface area contributed by atoms with Gasteiger partial charge in [0.15, 0.2) is 0 Å². The molecule has 0 spiro atoms. The number of carbonyl (C=O) groups excluding carboxylic acids is 2. The Labute approximate surface area is 216 Å². The molecular formula is C25H27F3N6O4. The maximum Gasteiger partial charge on any atom is 0.408 e. The molecule has 4 heterocycles. The standard InChI is InChI=1S/C25H27F3N6O4/c1-5-29-22(35)17-9-15(10-30-23(17)38-4)18-8-14(2)20-21(32-18)19(6-7-37-3)34(24(20)36)16-11-31-33(12-16)13-25(26,27)28/h8-12,19H,5-7,13H2,1-4H3,(H,29,35)/t19-/m0/s1. The highest BCUT2D eigenvalue weighted by Crippen LogP contribution is 2.41. The molecule has 1 aliphatic rings. The summed E-state index contributed by atoms with van der Waals surface area (Å²) in [7, 11) is 2.93. The quantitative estimate of drug-likeness (QED) is 0.447. The predicted molar refractivity (Wildman–Crippen MR) is 131 cm³/mol. The van der Waals surface area contributed by atoms with E-state index in [1.54, 1.807) is 26.0 Å². The van der Waals surface area contributed by atoms with E-state index in [1.807, 2.05) is 0 Å². The Morgan fingerprint density at radius 1 is 1.21 bits per heavy atom. The Morgan fingerprint density at radius 3 is 2.63 bits per heavy atom. The van der Waals surface area contributed by atoms with Gasteiger partial charge in [0.05, 0.1) is 42.0 Å². The lowest BCUT2D eigenvalue weighted by atomic mass is 10.0. The van der Waals surface area contributed by atoms with Crippen LogP contribution in [0, 0.1) is 6.92 Å². The number of aromatic nitrogens is 4. The molecule has 1 atom stereocenters. The van der Waals surface area contributed by atoms with Crippen molar-refractivity contribution in [3.63, 3.8) is 0 Å². The summed E-state index contributed by atoms with van der Waals surface area (Å²) in [4.78, 5) is 36.5. The molecule has 0 aliphatic carbocycles. The van der Waals surface area contributed by atoms with Crippen LogP contribution in [0.3, 0.4) is 0 Å². The first-order valence-electron chi connectivity index (χ1n) is 11.8. The van der Waals surface area contributed by atoms with E-state index in [-0.39, 0.29) is 35.6 Å². The molecule has 0 fully saturated rings. The maximum absolute atomic E-state index is 13.5. The van der Waals surface area contributed by atoms with E-state index < -0.39 is 18.8 Å². The van der Waals surface area contributed by atoms with Crippen molar-refractivity contribution in [1.29, 1.82) is 0 Å². The van der Waals surface area contributed by atoms with E-state index in [9.17, 15) is 22.8 Å². The van der Waals surface area contributed by atoms with Gasteiger partial charge in [-0.15, -0.1) is 0 Å². The Kier molecular flexibility index (Phi) is 7.67. The van der Waals surface area contributed by atoms with Gasteiger partial charge in [-0.1, -0.05) is 0 Å². The van der Waals surface area contributed by atoms with Crippen LogP contribution in [0.2, 0.25) is 0 Å². The fourth-order valence-electron chi connectivity index (χ4n) is 4.46. The minimum absolute atomic E-state index is 0.160. The topological polar surface area (TPSA) is 111 Å². The molecule has 13 heteroatoms.